The van der Waals surface area contributed by atoms with Crippen LogP contribution in [0.1, 0.15) is 30.4 Å². The number of nitrogens with one attached hydrogen (secondary N) is 2. The predicted molar refractivity (Wildman–Crippen MR) is 136 cm³/mol. The van der Waals surface area contributed by atoms with Crippen molar-refractivity contribution in [2.24, 2.45) is 0 Å². The minimum Gasteiger partial charge on any atom is -0.357 e. The SMILES string of the molecule is O=C1C[N+]23C=C4CCC=C[N+]4(C(=O)NCc4ccc(F)cc4F)C(=O)C2(NCCC3)C1OCc1ccccc1. The van der Waals surface area contributed by atoms with Crippen molar-refractivity contribution in [1.82, 2.24) is 10.6 Å². The average Bonchev–Trinajstić information content (AvgIpc) is 3.19. The van der Waals surface area contributed by atoms with Gasteiger partial charge in [-0.1, -0.05) is 36.4 Å². The quantitative estimate of drug-likeness (QED) is 0.573. The van der Waals surface area contributed by atoms with E-state index in [0.29, 0.717) is 31.6 Å². The fourth-order valence-corrected chi connectivity index (χ4v) is 6.55. The number of rotatable bonds is 5. The number of nitrogens with zero attached hydrogens (tertiary/aromatic N) is 2. The zero-order valence-corrected chi connectivity index (χ0v) is 21.4. The largest absolute Gasteiger partial charge is 0.434 e. The van der Waals surface area contributed by atoms with E-state index in [2.05, 4.69) is 10.6 Å². The van der Waals surface area contributed by atoms with Crippen molar-refractivity contribution in [2.75, 3.05) is 19.6 Å². The predicted octanol–water partition coefficient (Wildman–Crippen LogP) is 3.35. The lowest BCUT2D eigenvalue weighted by Crippen LogP contribution is -2.84. The van der Waals surface area contributed by atoms with Gasteiger partial charge in [0, 0.05) is 31.0 Å². The number of quaternary nitrogens is 2. The molecule has 10 heteroatoms. The lowest BCUT2D eigenvalue weighted by atomic mass is 9.90. The van der Waals surface area contributed by atoms with E-state index >= 15 is 0 Å². The van der Waals surface area contributed by atoms with Crippen molar-refractivity contribution in [3.05, 3.63) is 95.5 Å². The number of amides is 3. The van der Waals surface area contributed by atoms with Gasteiger partial charge in [-0.15, -0.1) is 4.48 Å². The highest BCUT2D eigenvalue weighted by atomic mass is 19.1. The molecule has 0 radical (unpaired) electrons. The highest BCUT2D eigenvalue weighted by molar-refractivity contribution is 6.00. The molecule has 8 nitrogen and oxygen atoms in total. The average molecular weight is 537 g/mol. The van der Waals surface area contributed by atoms with Gasteiger partial charge < -0.3 is 10.1 Å². The summed E-state index contributed by atoms with van der Waals surface area (Å²) < 4.78 is 33.2. The Balaban J connectivity index is 1.39. The summed E-state index contributed by atoms with van der Waals surface area (Å²) in [5, 5.41) is 6.06. The highest BCUT2D eigenvalue weighted by Gasteiger charge is 2.80. The third-order valence-electron chi connectivity index (χ3n) is 8.36. The van der Waals surface area contributed by atoms with Crippen LogP contribution in [0.5, 0.6) is 0 Å². The van der Waals surface area contributed by atoms with E-state index in [4.69, 9.17) is 4.74 Å². The number of carbonyl (C=O) groups excluding carboxylic acids is 3. The maximum absolute atomic E-state index is 14.8. The zero-order valence-electron chi connectivity index (χ0n) is 21.4. The van der Waals surface area contributed by atoms with Crippen LogP contribution >= 0.6 is 0 Å². The van der Waals surface area contributed by atoms with Gasteiger partial charge in [0.15, 0.2) is 11.9 Å². The number of fused-ring (bicyclic) bond motifs is 1. The van der Waals surface area contributed by atoms with E-state index in [1.165, 1.54) is 6.07 Å². The van der Waals surface area contributed by atoms with Crippen LogP contribution in [0.15, 0.2) is 72.7 Å². The molecule has 2 saturated heterocycles. The molecule has 4 atom stereocenters. The van der Waals surface area contributed by atoms with Crippen molar-refractivity contribution in [3.8, 4) is 0 Å². The van der Waals surface area contributed by atoms with E-state index in [1.807, 2.05) is 36.5 Å². The summed E-state index contributed by atoms with van der Waals surface area (Å²) in [5.41, 5.74) is 0.0460. The van der Waals surface area contributed by atoms with E-state index in [0.717, 1.165) is 24.1 Å². The van der Waals surface area contributed by atoms with Crippen molar-refractivity contribution in [2.45, 2.75) is 44.2 Å². The van der Waals surface area contributed by atoms with Gasteiger partial charge in [0.05, 0.1) is 19.7 Å². The molecule has 0 saturated carbocycles. The van der Waals surface area contributed by atoms with Crippen molar-refractivity contribution >= 4 is 17.7 Å². The monoisotopic (exact) mass is 536 g/mol. The summed E-state index contributed by atoms with van der Waals surface area (Å²) in [5.74, 6) is -2.19. The lowest BCUT2D eigenvalue weighted by molar-refractivity contribution is -0.938. The van der Waals surface area contributed by atoms with E-state index in [1.54, 1.807) is 12.3 Å². The molecular formula is C29H30F2N4O4+2. The molecule has 202 valence electrons. The van der Waals surface area contributed by atoms with Gasteiger partial charge in [0.1, 0.15) is 24.4 Å². The minimum atomic E-state index is -1.49. The van der Waals surface area contributed by atoms with Crippen LogP contribution in [0.2, 0.25) is 0 Å². The molecule has 2 N–H and O–H groups in total. The highest BCUT2D eigenvalue weighted by Crippen LogP contribution is 2.49. The summed E-state index contributed by atoms with van der Waals surface area (Å²) in [4.78, 5) is 42.3. The Morgan fingerprint density at radius 3 is 2.77 bits per heavy atom. The molecule has 0 aromatic heterocycles. The number of benzene rings is 2. The second-order valence-corrected chi connectivity index (χ2v) is 10.6. The van der Waals surface area contributed by atoms with Crippen LogP contribution in [0.25, 0.3) is 0 Å². The van der Waals surface area contributed by atoms with Gasteiger partial charge in [-0.25, -0.2) is 23.7 Å². The summed E-state index contributed by atoms with van der Waals surface area (Å²) >= 11 is 0. The molecule has 4 aliphatic heterocycles. The van der Waals surface area contributed by atoms with E-state index in [9.17, 15) is 23.2 Å². The third kappa shape index (κ3) is 3.81. The van der Waals surface area contributed by atoms with Crippen LogP contribution in [-0.2, 0) is 27.5 Å². The van der Waals surface area contributed by atoms with Crippen molar-refractivity contribution in [1.29, 1.82) is 0 Å². The molecule has 2 aromatic carbocycles. The molecule has 4 unspecified atom stereocenters. The smallest absolute Gasteiger partial charge is 0.357 e. The molecule has 6 rings (SSSR count). The van der Waals surface area contributed by atoms with E-state index in [-0.39, 0.29) is 35.5 Å². The number of imide groups is 1. The van der Waals surface area contributed by atoms with Gasteiger partial charge >= 0.3 is 17.6 Å². The molecule has 2 fully saturated rings. The lowest BCUT2D eigenvalue weighted by Gasteiger charge is -2.53. The van der Waals surface area contributed by atoms with Gasteiger partial charge in [-0.2, -0.15) is 0 Å². The maximum atomic E-state index is 14.8. The van der Waals surface area contributed by atoms with Crippen LogP contribution in [-0.4, -0.2) is 58.1 Å². The van der Waals surface area contributed by atoms with Gasteiger partial charge in [0.25, 0.3) is 0 Å². The van der Waals surface area contributed by atoms with Crippen molar-refractivity contribution in [3.63, 3.8) is 0 Å². The summed E-state index contributed by atoms with van der Waals surface area (Å²) in [6, 6.07) is 11.9. The Labute approximate surface area is 224 Å². The van der Waals surface area contributed by atoms with Gasteiger partial charge in [-0.3, -0.25) is 9.28 Å². The number of urea groups is 1. The van der Waals surface area contributed by atoms with Crippen LogP contribution in [0.4, 0.5) is 13.6 Å². The molecule has 3 amide bonds. The first-order valence-electron chi connectivity index (χ1n) is 13.2. The second kappa shape index (κ2) is 9.56. The normalized spacial score (nSPS) is 31.2. The molecule has 2 aromatic rings. The number of allylic oxidation sites excluding steroid dienone is 2. The van der Waals surface area contributed by atoms with E-state index < -0.39 is 39.8 Å². The van der Waals surface area contributed by atoms with Crippen LogP contribution in [0, 0.1) is 11.6 Å². The Morgan fingerprint density at radius 2 is 1.97 bits per heavy atom. The Bertz CT molecular complexity index is 1410. The first kappa shape index (κ1) is 25.7. The summed E-state index contributed by atoms with van der Waals surface area (Å²) in [6.45, 7) is 1.04. The zero-order chi connectivity index (χ0) is 27.3. The number of hydrogen-bond acceptors (Lipinski definition) is 5. The number of ether oxygens (including phenoxy) is 1. The maximum Gasteiger partial charge on any atom is 0.434 e. The fraction of sp³-hybridized carbons (Fsp3) is 0.345. The molecular weight excluding hydrogens is 506 g/mol. The minimum absolute atomic E-state index is 0.0766. The number of hydrogen-bond donors (Lipinski definition) is 2. The first-order chi connectivity index (χ1) is 18.8. The summed E-state index contributed by atoms with van der Waals surface area (Å²) in [6.07, 6.45) is 6.01. The molecule has 0 bridgehead atoms. The topological polar surface area (TPSA) is 84.5 Å². The second-order valence-electron chi connectivity index (χ2n) is 10.6. The molecule has 0 spiro atoms. The van der Waals surface area contributed by atoms with Gasteiger partial charge in [0.2, 0.25) is 11.9 Å². The van der Waals surface area contributed by atoms with Crippen LogP contribution < -0.4 is 10.6 Å². The fourth-order valence-electron chi connectivity index (χ4n) is 6.55. The Hall–Kier alpha value is -3.57. The first-order valence-corrected chi connectivity index (χ1v) is 13.2. The van der Waals surface area contributed by atoms with Crippen molar-refractivity contribution < 1.29 is 36.9 Å². The number of Topliss-reactive ketones (excluding diaryl/α,β-unsaturated/α-hetero) is 1. The molecule has 4 heterocycles. The number of carbonyl (C=O) groups is 3. The Kier molecular flexibility index (Phi) is 6.30. The summed E-state index contributed by atoms with van der Waals surface area (Å²) in [7, 11) is 0. The standard InChI is InChI=1S/C29H29F2N4O4/c30-22-11-10-21(24(31)15-22)16-32-28(38)35-14-5-4-9-23(35)17-34-13-6-12-33-29(34,27(35)37)26(25(36)18-34)39-19-20-7-2-1-3-8-20/h1-3,5,7-8,10-11,14-15,17,26,33H,4,6,9,12-13,16,18-19H2/q+1/p+1. The van der Waals surface area contributed by atoms with Crippen LogP contribution in [0.3, 0.4) is 0 Å². The molecule has 39 heavy (non-hydrogen) atoms. The third-order valence-corrected chi connectivity index (χ3v) is 8.36. The Morgan fingerprint density at radius 1 is 1.15 bits per heavy atom. The molecule has 4 aliphatic rings. The number of ketones is 1. The number of halogens is 2. The van der Waals surface area contributed by atoms with Gasteiger partial charge in [-0.05, 0) is 24.1 Å². The molecule has 0 aliphatic carbocycles.